The van der Waals surface area contributed by atoms with E-state index >= 15 is 0 Å². The molecule has 7 nitrogen and oxygen atoms in total. The average Bonchev–Trinajstić information content (AvgIpc) is 2.87. The number of aromatic nitrogens is 4. The second kappa shape index (κ2) is 6.82. The van der Waals surface area contributed by atoms with Gasteiger partial charge in [-0.05, 0) is 38.9 Å². The van der Waals surface area contributed by atoms with Crippen molar-refractivity contribution in [2.24, 2.45) is 5.73 Å². The Labute approximate surface area is 124 Å². The van der Waals surface area contributed by atoms with Crippen molar-refractivity contribution >= 4 is 17.0 Å². The molecule has 7 heteroatoms. The summed E-state index contributed by atoms with van der Waals surface area (Å²) >= 11 is 0. The van der Waals surface area contributed by atoms with E-state index in [0.717, 1.165) is 69.1 Å². The summed E-state index contributed by atoms with van der Waals surface area (Å²) in [4.78, 5) is 20.9. The highest BCUT2D eigenvalue weighted by Crippen LogP contribution is 2.20. The molecule has 1 fully saturated rings. The van der Waals surface area contributed by atoms with Crippen molar-refractivity contribution in [1.82, 2.24) is 24.8 Å². The minimum absolute atomic E-state index is 0.740. The number of H-pyrrole nitrogens is 1. The molecule has 0 amide bonds. The van der Waals surface area contributed by atoms with Gasteiger partial charge in [0, 0.05) is 19.6 Å². The molecule has 3 N–H and O–H groups in total. The van der Waals surface area contributed by atoms with Crippen molar-refractivity contribution < 1.29 is 0 Å². The minimum Gasteiger partial charge on any atom is -0.353 e. The van der Waals surface area contributed by atoms with Gasteiger partial charge in [-0.3, -0.25) is 0 Å². The second-order valence-corrected chi connectivity index (χ2v) is 5.48. The first kappa shape index (κ1) is 14.2. The quantitative estimate of drug-likeness (QED) is 0.784. The molecule has 0 radical (unpaired) electrons. The van der Waals surface area contributed by atoms with Crippen LogP contribution in [0.25, 0.3) is 11.2 Å². The molecule has 0 unspecified atom stereocenters. The highest BCUT2D eigenvalue weighted by atomic mass is 15.3. The summed E-state index contributed by atoms with van der Waals surface area (Å²) in [7, 11) is 0. The summed E-state index contributed by atoms with van der Waals surface area (Å²) in [5.74, 6) is 0.973. The molecule has 0 spiro atoms. The van der Waals surface area contributed by atoms with Gasteiger partial charge in [-0.1, -0.05) is 0 Å². The van der Waals surface area contributed by atoms with Gasteiger partial charge in [-0.15, -0.1) is 0 Å². The maximum absolute atomic E-state index is 5.57. The predicted molar refractivity (Wildman–Crippen MR) is 83.2 cm³/mol. The number of unbranched alkanes of at least 4 members (excludes halogenated alkanes) is 1. The third kappa shape index (κ3) is 3.30. The highest BCUT2D eigenvalue weighted by Gasteiger charge is 2.18. The maximum atomic E-state index is 5.57. The molecule has 0 aromatic carbocycles. The van der Waals surface area contributed by atoms with Crippen LogP contribution in [0.1, 0.15) is 19.3 Å². The largest absolute Gasteiger partial charge is 0.353 e. The van der Waals surface area contributed by atoms with Crippen LogP contribution in [-0.4, -0.2) is 64.1 Å². The summed E-state index contributed by atoms with van der Waals surface area (Å²) < 4.78 is 0. The smallest absolute Gasteiger partial charge is 0.182 e. The van der Waals surface area contributed by atoms with Crippen LogP contribution in [0.3, 0.4) is 0 Å². The van der Waals surface area contributed by atoms with E-state index < -0.39 is 0 Å². The Hall–Kier alpha value is -1.73. The molecule has 1 aliphatic rings. The topological polar surface area (TPSA) is 87.0 Å². The second-order valence-electron chi connectivity index (χ2n) is 5.48. The van der Waals surface area contributed by atoms with Gasteiger partial charge in [0.1, 0.15) is 11.8 Å². The van der Waals surface area contributed by atoms with E-state index in [2.05, 4.69) is 29.7 Å². The molecule has 0 saturated carbocycles. The van der Waals surface area contributed by atoms with Crippen LogP contribution in [0, 0.1) is 0 Å². The molecule has 0 aliphatic carbocycles. The van der Waals surface area contributed by atoms with Gasteiger partial charge in [-0.25, -0.2) is 15.0 Å². The summed E-state index contributed by atoms with van der Waals surface area (Å²) in [6.45, 7) is 6.18. The van der Waals surface area contributed by atoms with Crippen LogP contribution in [-0.2, 0) is 0 Å². The zero-order valence-electron chi connectivity index (χ0n) is 12.3. The highest BCUT2D eigenvalue weighted by molar-refractivity contribution is 5.82. The van der Waals surface area contributed by atoms with E-state index in [4.69, 9.17) is 5.73 Å². The SMILES string of the molecule is NCCCCN1CCCN(c2ncnc3nc[nH]c23)CC1. The number of imidazole rings is 1. The van der Waals surface area contributed by atoms with Crippen molar-refractivity contribution in [2.45, 2.75) is 19.3 Å². The van der Waals surface area contributed by atoms with Crippen LogP contribution < -0.4 is 10.6 Å². The lowest BCUT2D eigenvalue weighted by Gasteiger charge is -2.22. The number of nitrogens with two attached hydrogens (primary N) is 1. The van der Waals surface area contributed by atoms with Gasteiger partial charge >= 0.3 is 0 Å². The molecule has 114 valence electrons. The molecule has 2 aromatic heterocycles. The fourth-order valence-electron chi connectivity index (χ4n) is 2.88. The Morgan fingerprint density at radius 1 is 1.10 bits per heavy atom. The van der Waals surface area contributed by atoms with Crippen molar-refractivity contribution in [3.05, 3.63) is 12.7 Å². The first-order valence-corrected chi connectivity index (χ1v) is 7.70. The van der Waals surface area contributed by atoms with Crippen molar-refractivity contribution in [3.63, 3.8) is 0 Å². The van der Waals surface area contributed by atoms with Crippen LogP contribution >= 0.6 is 0 Å². The van der Waals surface area contributed by atoms with Gasteiger partial charge < -0.3 is 20.5 Å². The monoisotopic (exact) mass is 289 g/mol. The van der Waals surface area contributed by atoms with E-state index in [9.17, 15) is 0 Å². The Bertz CT molecular complexity index is 567. The first-order chi connectivity index (χ1) is 10.4. The number of rotatable bonds is 5. The fourth-order valence-corrected chi connectivity index (χ4v) is 2.88. The Morgan fingerprint density at radius 2 is 2.05 bits per heavy atom. The zero-order chi connectivity index (χ0) is 14.5. The van der Waals surface area contributed by atoms with Crippen LogP contribution in [0.5, 0.6) is 0 Å². The lowest BCUT2D eigenvalue weighted by Crippen LogP contribution is -2.32. The lowest BCUT2D eigenvalue weighted by molar-refractivity contribution is 0.288. The number of aromatic amines is 1. The molecular formula is C14H23N7. The number of anilines is 1. The average molecular weight is 289 g/mol. The molecule has 0 bridgehead atoms. The summed E-state index contributed by atoms with van der Waals surface area (Å²) in [5.41, 5.74) is 7.24. The Kier molecular flexibility index (Phi) is 4.62. The third-order valence-corrected chi connectivity index (χ3v) is 4.02. The van der Waals surface area contributed by atoms with Crippen LogP contribution in [0.2, 0.25) is 0 Å². The lowest BCUT2D eigenvalue weighted by atomic mass is 10.3. The van der Waals surface area contributed by atoms with Crippen molar-refractivity contribution in [2.75, 3.05) is 44.2 Å². The first-order valence-electron chi connectivity index (χ1n) is 7.70. The number of nitrogens with one attached hydrogen (secondary N) is 1. The standard InChI is InChI=1S/C14H23N7/c15-4-1-2-5-20-6-3-7-21(9-8-20)14-12-13(17-10-16-12)18-11-19-14/h10-11H,1-9,15H2,(H,16,17,18,19). The van der Waals surface area contributed by atoms with Crippen molar-refractivity contribution in [1.29, 1.82) is 0 Å². The number of fused-ring (bicyclic) bond motifs is 1. The molecule has 3 rings (SSSR count). The van der Waals surface area contributed by atoms with E-state index in [1.807, 2.05) is 0 Å². The Balaban J connectivity index is 1.66. The van der Waals surface area contributed by atoms with Gasteiger partial charge in [0.2, 0.25) is 0 Å². The Morgan fingerprint density at radius 3 is 2.95 bits per heavy atom. The summed E-state index contributed by atoms with van der Waals surface area (Å²) in [6.07, 6.45) is 6.74. The zero-order valence-corrected chi connectivity index (χ0v) is 12.3. The van der Waals surface area contributed by atoms with E-state index in [1.54, 1.807) is 12.7 Å². The number of nitrogens with zero attached hydrogens (tertiary/aromatic N) is 5. The summed E-state index contributed by atoms with van der Waals surface area (Å²) in [6, 6.07) is 0. The maximum Gasteiger partial charge on any atom is 0.182 e. The van der Waals surface area contributed by atoms with Gasteiger partial charge in [-0.2, -0.15) is 0 Å². The molecule has 1 saturated heterocycles. The van der Waals surface area contributed by atoms with Gasteiger partial charge in [0.15, 0.2) is 11.5 Å². The van der Waals surface area contributed by atoms with Crippen LogP contribution in [0.4, 0.5) is 5.82 Å². The van der Waals surface area contributed by atoms with E-state index in [0.29, 0.717) is 0 Å². The third-order valence-electron chi connectivity index (χ3n) is 4.02. The molecule has 2 aromatic rings. The molecular weight excluding hydrogens is 266 g/mol. The molecule has 21 heavy (non-hydrogen) atoms. The number of hydrogen-bond acceptors (Lipinski definition) is 6. The molecule has 3 heterocycles. The fraction of sp³-hybridized carbons (Fsp3) is 0.643. The van der Waals surface area contributed by atoms with Crippen LogP contribution in [0.15, 0.2) is 12.7 Å². The minimum atomic E-state index is 0.740. The summed E-state index contributed by atoms with van der Waals surface area (Å²) in [5, 5.41) is 0. The number of hydrogen-bond donors (Lipinski definition) is 2. The predicted octanol–water partition coefficient (Wildman–Crippen LogP) is 0.604. The van der Waals surface area contributed by atoms with Gasteiger partial charge in [0.25, 0.3) is 0 Å². The van der Waals surface area contributed by atoms with E-state index in [1.165, 1.54) is 6.42 Å². The molecule has 1 aliphatic heterocycles. The van der Waals surface area contributed by atoms with E-state index in [-0.39, 0.29) is 0 Å². The normalized spacial score (nSPS) is 17.3. The molecule has 0 atom stereocenters. The van der Waals surface area contributed by atoms with Gasteiger partial charge in [0.05, 0.1) is 6.33 Å². The van der Waals surface area contributed by atoms with Crippen molar-refractivity contribution in [3.8, 4) is 0 Å².